The molecule has 2 aromatic rings. The summed E-state index contributed by atoms with van der Waals surface area (Å²) in [5.41, 5.74) is -0.300. The first-order valence-corrected chi connectivity index (χ1v) is 11.0. The van der Waals surface area contributed by atoms with Gasteiger partial charge in [0.15, 0.2) is 0 Å². The molecule has 1 aromatic heterocycles. The van der Waals surface area contributed by atoms with Crippen LogP contribution in [0.3, 0.4) is 0 Å². The molecule has 3 atom stereocenters. The lowest BCUT2D eigenvalue weighted by Crippen LogP contribution is -2.62. The van der Waals surface area contributed by atoms with Crippen LogP contribution in [0.5, 0.6) is 5.75 Å². The first-order valence-electron chi connectivity index (χ1n) is 10.1. The summed E-state index contributed by atoms with van der Waals surface area (Å²) in [6, 6.07) is 10.8. The van der Waals surface area contributed by atoms with Crippen molar-refractivity contribution in [2.45, 2.75) is 64.8 Å². The molecule has 158 valence electrons. The molecule has 0 bridgehead atoms. The van der Waals surface area contributed by atoms with Crippen molar-refractivity contribution in [2.24, 2.45) is 5.41 Å². The third-order valence-electron chi connectivity index (χ3n) is 5.49. The van der Waals surface area contributed by atoms with E-state index in [0.717, 1.165) is 10.4 Å². The number of aliphatic hydroxyl groups is 1. The molecule has 5 nitrogen and oxygen atoms in total. The Labute approximate surface area is 177 Å². The maximum atomic E-state index is 12.8. The zero-order valence-corrected chi connectivity index (χ0v) is 18.5. The van der Waals surface area contributed by atoms with Gasteiger partial charge in [0.1, 0.15) is 5.75 Å². The molecule has 1 aromatic carbocycles. The molecule has 0 spiro atoms. The zero-order chi connectivity index (χ0) is 21.2. The van der Waals surface area contributed by atoms with Crippen molar-refractivity contribution in [2.75, 3.05) is 6.54 Å². The predicted octanol–water partition coefficient (Wildman–Crippen LogP) is 4.07. The standard InChI is InChI=1S/C23H32N2O3S/c1-22(2,3)14-19(27)24-21-20(18-10-7-13-29-18)25(12-11-23(21,4)28)15-16-8-5-6-9-17(16)26/h5-10,13,20-21,26,28H,11-12,14-15H2,1-4H3,(H,24,27). The lowest BCUT2D eigenvalue weighted by Gasteiger charge is -2.49. The maximum absolute atomic E-state index is 12.8. The number of para-hydroxylation sites is 1. The van der Waals surface area contributed by atoms with E-state index in [1.807, 2.05) is 57.3 Å². The van der Waals surface area contributed by atoms with Gasteiger partial charge in [-0.15, -0.1) is 11.3 Å². The van der Waals surface area contributed by atoms with E-state index in [0.29, 0.717) is 25.9 Å². The maximum Gasteiger partial charge on any atom is 0.220 e. The Balaban J connectivity index is 1.92. The van der Waals surface area contributed by atoms with Gasteiger partial charge in [0.05, 0.1) is 17.7 Å². The quantitative estimate of drug-likeness (QED) is 0.687. The average molecular weight is 417 g/mol. The molecule has 1 saturated heterocycles. The molecular formula is C23H32N2O3S. The number of carbonyl (C=O) groups is 1. The van der Waals surface area contributed by atoms with Crippen LogP contribution < -0.4 is 5.32 Å². The summed E-state index contributed by atoms with van der Waals surface area (Å²) in [7, 11) is 0. The third-order valence-corrected chi connectivity index (χ3v) is 6.43. The zero-order valence-electron chi connectivity index (χ0n) is 17.7. The predicted molar refractivity (Wildman–Crippen MR) is 117 cm³/mol. The number of rotatable bonds is 5. The highest BCUT2D eigenvalue weighted by Crippen LogP contribution is 2.40. The van der Waals surface area contributed by atoms with Crippen molar-refractivity contribution in [3.05, 3.63) is 52.2 Å². The summed E-state index contributed by atoms with van der Waals surface area (Å²) >= 11 is 1.63. The Kier molecular flexibility index (Phi) is 6.36. The fraction of sp³-hybridized carbons (Fsp3) is 0.522. The fourth-order valence-electron chi connectivity index (χ4n) is 4.00. The van der Waals surface area contributed by atoms with Gasteiger partial charge in [-0.25, -0.2) is 0 Å². The molecule has 3 rings (SSSR count). The summed E-state index contributed by atoms with van der Waals surface area (Å²) in [6.07, 6.45) is 0.944. The van der Waals surface area contributed by atoms with Gasteiger partial charge in [-0.3, -0.25) is 9.69 Å². The summed E-state index contributed by atoms with van der Waals surface area (Å²) in [5, 5.41) is 26.6. The van der Waals surface area contributed by atoms with Crippen LogP contribution in [-0.2, 0) is 11.3 Å². The highest BCUT2D eigenvalue weighted by molar-refractivity contribution is 7.10. The van der Waals surface area contributed by atoms with E-state index in [1.165, 1.54) is 0 Å². The largest absolute Gasteiger partial charge is 0.508 e. The second kappa shape index (κ2) is 8.46. The molecule has 0 aliphatic carbocycles. The van der Waals surface area contributed by atoms with E-state index in [4.69, 9.17) is 0 Å². The number of likely N-dealkylation sites (tertiary alicyclic amines) is 1. The van der Waals surface area contributed by atoms with E-state index in [9.17, 15) is 15.0 Å². The first kappa shape index (κ1) is 21.8. The van der Waals surface area contributed by atoms with Gasteiger partial charge in [-0.2, -0.15) is 0 Å². The third kappa shape index (κ3) is 5.38. The molecule has 3 unspecified atom stereocenters. The summed E-state index contributed by atoms with van der Waals surface area (Å²) in [5.74, 6) is 0.219. The number of hydrogen-bond acceptors (Lipinski definition) is 5. The van der Waals surface area contributed by atoms with Crippen molar-refractivity contribution in [1.82, 2.24) is 10.2 Å². The van der Waals surface area contributed by atoms with E-state index in [1.54, 1.807) is 17.4 Å². The van der Waals surface area contributed by atoms with Crippen molar-refractivity contribution in [3.63, 3.8) is 0 Å². The molecule has 1 amide bonds. The number of nitrogens with one attached hydrogen (secondary N) is 1. The number of piperidine rings is 1. The molecule has 2 heterocycles. The summed E-state index contributed by atoms with van der Waals surface area (Å²) < 4.78 is 0. The Hall–Kier alpha value is -1.89. The van der Waals surface area contributed by atoms with Gasteiger partial charge < -0.3 is 15.5 Å². The number of thiophene rings is 1. The van der Waals surface area contributed by atoms with E-state index in [2.05, 4.69) is 16.3 Å². The van der Waals surface area contributed by atoms with Crippen LogP contribution in [0.25, 0.3) is 0 Å². The first-order chi connectivity index (χ1) is 13.6. The second-order valence-electron chi connectivity index (χ2n) is 9.45. The minimum atomic E-state index is -1.02. The number of aromatic hydroxyl groups is 1. The minimum Gasteiger partial charge on any atom is -0.508 e. The highest BCUT2D eigenvalue weighted by Gasteiger charge is 2.46. The van der Waals surface area contributed by atoms with Gasteiger partial charge in [-0.1, -0.05) is 45.0 Å². The molecule has 1 fully saturated rings. The Morgan fingerprint density at radius 2 is 2.00 bits per heavy atom. The van der Waals surface area contributed by atoms with E-state index < -0.39 is 11.6 Å². The number of amides is 1. The van der Waals surface area contributed by atoms with Crippen LogP contribution in [0, 0.1) is 5.41 Å². The smallest absolute Gasteiger partial charge is 0.220 e. The van der Waals surface area contributed by atoms with Crippen LogP contribution >= 0.6 is 11.3 Å². The van der Waals surface area contributed by atoms with Gasteiger partial charge in [0.25, 0.3) is 0 Å². The molecule has 0 saturated carbocycles. The number of carbonyl (C=O) groups excluding carboxylic acids is 1. The lowest BCUT2D eigenvalue weighted by molar-refractivity contribution is -0.130. The minimum absolute atomic E-state index is 0.0475. The Morgan fingerprint density at radius 3 is 2.62 bits per heavy atom. The summed E-state index contributed by atoms with van der Waals surface area (Å²) in [6.45, 7) is 9.14. The van der Waals surface area contributed by atoms with Crippen LogP contribution in [0.2, 0.25) is 0 Å². The number of nitrogens with zero attached hydrogens (tertiary/aromatic N) is 1. The Bertz CT molecular complexity index is 827. The topological polar surface area (TPSA) is 72.8 Å². The number of phenols is 1. The molecule has 29 heavy (non-hydrogen) atoms. The van der Waals surface area contributed by atoms with Crippen LogP contribution in [-0.4, -0.2) is 39.2 Å². The van der Waals surface area contributed by atoms with Crippen LogP contribution in [0.4, 0.5) is 0 Å². The van der Waals surface area contributed by atoms with E-state index >= 15 is 0 Å². The lowest BCUT2D eigenvalue weighted by atomic mass is 9.81. The molecule has 6 heteroatoms. The van der Waals surface area contributed by atoms with Crippen molar-refractivity contribution >= 4 is 17.2 Å². The van der Waals surface area contributed by atoms with Crippen LogP contribution in [0.1, 0.15) is 57.0 Å². The molecule has 1 aliphatic heterocycles. The van der Waals surface area contributed by atoms with Crippen LogP contribution in [0.15, 0.2) is 41.8 Å². The van der Waals surface area contributed by atoms with Gasteiger partial charge in [0.2, 0.25) is 5.91 Å². The van der Waals surface area contributed by atoms with Gasteiger partial charge in [0, 0.05) is 30.0 Å². The average Bonchev–Trinajstić information content (AvgIpc) is 3.12. The van der Waals surface area contributed by atoms with Crippen molar-refractivity contribution in [3.8, 4) is 5.75 Å². The molecule has 0 radical (unpaired) electrons. The second-order valence-corrected chi connectivity index (χ2v) is 10.4. The Morgan fingerprint density at radius 1 is 1.28 bits per heavy atom. The molecular weight excluding hydrogens is 384 g/mol. The number of hydrogen-bond donors (Lipinski definition) is 3. The normalized spacial score (nSPS) is 25.7. The highest BCUT2D eigenvalue weighted by atomic mass is 32.1. The monoisotopic (exact) mass is 416 g/mol. The SMILES string of the molecule is CC(C)(C)CC(=O)NC1C(c2cccs2)N(Cc2ccccc2O)CCC1(C)O. The van der Waals surface area contributed by atoms with E-state index in [-0.39, 0.29) is 23.1 Å². The number of phenolic OH excluding ortho intramolecular Hbond substituents is 1. The fourth-order valence-corrected chi connectivity index (χ4v) is 4.90. The van der Waals surface area contributed by atoms with Gasteiger partial charge in [-0.05, 0) is 36.3 Å². The van der Waals surface area contributed by atoms with Gasteiger partial charge >= 0.3 is 0 Å². The number of benzene rings is 1. The summed E-state index contributed by atoms with van der Waals surface area (Å²) in [4.78, 5) is 16.1. The molecule has 3 N–H and O–H groups in total. The molecule has 1 aliphatic rings. The van der Waals surface area contributed by atoms with Crippen molar-refractivity contribution < 1.29 is 15.0 Å². The van der Waals surface area contributed by atoms with Crippen molar-refractivity contribution in [1.29, 1.82) is 0 Å².